The molecule has 0 saturated heterocycles. The Hall–Kier alpha value is -3.56. The average Bonchev–Trinajstić information content (AvgIpc) is 3.24. The summed E-state index contributed by atoms with van der Waals surface area (Å²) >= 11 is 0. The summed E-state index contributed by atoms with van der Waals surface area (Å²) in [5.41, 5.74) is 5.55. The highest BCUT2D eigenvalue weighted by atomic mass is 16.5. The minimum Gasteiger partial charge on any atom is -0.491 e. The number of hydrogen-bond acceptors (Lipinski definition) is 4. The molecular formula is C29H30N2O3. The maximum absolute atomic E-state index is 9.37. The molecule has 4 rings (SSSR count). The topological polar surface area (TPSA) is 77.5 Å². The van der Waals surface area contributed by atoms with Gasteiger partial charge in [0.1, 0.15) is 5.75 Å². The van der Waals surface area contributed by atoms with Gasteiger partial charge >= 0.3 is 0 Å². The largest absolute Gasteiger partial charge is 0.491 e. The van der Waals surface area contributed by atoms with Gasteiger partial charge in [0.05, 0.1) is 6.10 Å². The van der Waals surface area contributed by atoms with Crippen molar-refractivity contribution in [3.63, 3.8) is 0 Å². The smallest absolute Gasteiger partial charge is 0.178 e. The second-order valence-corrected chi connectivity index (χ2v) is 8.52. The van der Waals surface area contributed by atoms with Gasteiger partial charge in [0, 0.05) is 45.9 Å². The highest BCUT2D eigenvalue weighted by molar-refractivity contribution is 5.83. The summed E-state index contributed by atoms with van der Waals surface area (Å²) in [7, 11) is 0. The van der Waals surface area contributed by atoms with Gasteiger partial charge in [-0.1, -0.05) is 42.2 Å². The average molecular weight is 455 g/mol. The van der Waals surface area contributed by atoms with Crippen molar-refractivity contribution in [1.29, 1.82) is 0 Å². The van der Waals surface area contributed by atoms with E-state index in [1.54, 1.807) is 18.2 Å². The first kappa shape index (κ1) is 23.6. The Labute approximate surface area is 200 Å². The normalized spacial score (nSPS) is 11.1. The SMILES string of the molecule is CC(C)Oc1ccc(C#Cc2cccc(C(O)O)c2)cc1CNCCc1c[nH]c2ccccc12. The lowest BCUT2D eigenvalue weighted by atomic mass is 10.1. The van der Waals surface area contributed by atoms with Crippen LogP contribution in [-0.2, 0) is 13.0 Å². The molecule has 0 aliphatic heterocycles. The van der Waals surface area contributed by atoms with Crippen LogP contribution in [0, 0.1) is 11.8 Å². The molecule has 0 saturated carbocycles. The van der Waals surface area contributed by atoms with E-state index in [0.717, 1.165) is 40.9 Å². The van der Waals surface area contributed by atoms with Crippen LogP contribution in [0.25, 0.3) is 10.9 Å². The van der Waals surface area contributed by atoms with E-state index in [1.807, 2.05) is 44.2 Å². The van der Waals surface area contributed by atoms with Crippen molar-refractivity contribution in [2.24, 2.45) is 0 Å². The molecule has 34 heavy (non-hydrogen) atoms. The first-order chi connectivity index (χ1) is 16.5. The number of aromatic amines is 1. The first-order valence-electron chi connectivity index (χ1n) is 11.5. The van der Waals surface area contributed by atoms with E-state index in [9.17, 15) is 10.2 Å². The van der Waals surface area contributed by atoms with Gasteiger partial charge in [-0.3, -0.25) is 0 Å². The van der Waals surface area contributed by atoms with Gasteiger partial charge in [0.2, 0.25) is 0 Å². The second kappa shape index (κ2) is 11.0. The number of rotatable bonds is 8. The summed E-state index contributed by atoms with van der Waals surface area (Å²) in [4.78, 5) is 3.33. The fraction of sp³-hybridized carbons (Fsp3) is 0.241. The molecule has 1 aromatic heterocycles. The van der Waals surface area contributed by atoms with E-state index < -0.39 is 6.29 Å². The molecule has 0 atom stereocenters. The Bertz CT molecular complexity index is 1310. The van der Waals surface area contributed by atoms with Crippen molar-refractivity contribution in [2.75, 3.05) is 6.54 Å². The molecule has 0 amide bonds. The molecule has 3 aromatic carbocycles. The number of ether oxygens (including phenoxy) is 1. The molecule has 0 aliphatic carbocycles. The summed E-state index contributed by atoms with van der Waals surface area (Å²) in [5, 5.41) is 23.6. The van der Waals surface area contributed by atoms with Crippen LogP contribution in [0.15, 0.2) is 72.9 Å². The van der Waals surface area contributed by atoms with Gasteiger partial charge in [0.15, 0.2) is 6.29 Å². The van der Waals surface area contributed by atoms with E-state index in [0.29, 0.717) is 12.1 Å². The zero-order valence-corrected chi connectivity index (χ0v) is 19.5. The number of fused-ring (bicyclic) bond motifs is 1. The van der Waals surface area contributed by atoms with Crippen LogP contribution < -0.4 is 10.1 Å². The number of aromatic nitrogens is 1. The number of aliphatic hydroxyl groups excluding tert-OH is 1. The molecule has 174 valence electrons. The second-order valence-electron chi connectivity index (χ2n) is 8.52. The zero-order chi connectivity index (χ0) is 23.9. The lowest BCUT2D eigenvalue weighted by molar-refractivity contribution is -0.0425. The summed E-state index contributed by atoms with van der Waals surface area (Å²) in [5.74, 6) is 7.14. The molecule has 0 radical (unpaired) electrons. The number of para-hydroxylation sites is 1. The van der Waals surface area contributed by atoms with Gasteiger partial charge < -0.3 is 25.3 Å². The third-order valence-electron chi connectivity index (χ3n) is 5.52. The van der Waals surface area contributed by atoms with Crippen molar-refractivity contribution < 1.29 is 14.9 Å². The molecule has 1 heterocycles. The Kier molecular flexibility index (Phi) is 7.66. The van der Waals surface area contributed by atoms with Crippen LogP contribution in [0.3, 0.4) is 0 Å². The monoisotopic (exact) mass is 454 g/mol. The fourth-order valence-electron chi connectivity index (χ4n) is 3.87. The van der Waals surface area contributed by atoms with Crippen LogP contribution in [0.5, 0.6) is 5.75 Å². The number of hydrogen-bond donors (Lipinski definition) is 4. The van der Waals surface area contributed by atoms with E-state index in [1.165, 1.54) is 10.9 Å². The molecule has 0 fully saturated rings. The molecule has 5 nitrogen and oxygen atoms in total. The molecule has 0 spiro atoms. The summed E-state index contributed by atoms with van der Waals surface area (Å²) in [6.07, 6.45) is 1.59. The van der Waals surface area contributed by atoms with E-state index in [2.05, 4.69) is 46.5 Å². The molecule has 0 aliphatic rings. The lowest BCUT2D eigenvalue weighted by Gasteiger charge is -2.15. The van der Waals surface area contributed by atoms with Crippen molar-refractivity contribution in [3.8, 4) is 17.6 Å². The van der Waals surface area contributed by atoms with Crippen LogP contribution >= 0.6 is 0 Å². The molecule has 0 bridgehead atoms. The quantitative estimate of drug-likeness (QED) is 0.177. The standard InChI is InChI=1S/C29H30N2O3/c1-20(2)34-28-13-12-22(11-10-21-6-5-7-23(16-21)29(32)33)17-25(28)18-30-15-14-24-19-31-27-9-4-3-8-26(24)27/h3-9,12-13,16-17,19-20,29-33H,14-15,18H2,1-2H3. The third kappa shape index (κ3) is 6.06. The van der Waals surface area contributed by atoms with E-state index >= 15 is 0 Å². The summed E-state index contributed by atoms with van der Waals surface area (Å²) in [6.45, 7) is 5.55. The predicted molar refractivity (Wildman–Crippen MR) is 136 cm³/mol. The number of H-pyrrole nitrogens is 1. The highest BCUT2D eigenvalue weighted by Crippen LogP contribution is 2.22. The molecular weight excluding hydrogens is 424 g/mol. The Balaban J connectivity index is 1.46. The maximum atomic E-state index is 9.37. The van der Waals surface area contributed by atoms with Crippen LogP contribution in [0.4, 0.5) is 0 Å². The van der Waals surface area contributed by atoms with E-state index in [4.69, 9.17) is 4.74 Å². The number of nitrogens with one attached hydrogen (secondary N) is 2. The first-order valence-corrected chi connectivity index (χ1v) is 11.5. The lowest BCUT2D eigenvalue weighted by Crippen LogP contribution is -2.18. The zero-order valence-electron chi connectivity index (χ0n) is 19.5. The van der Waals surface area contributed by atoms with Gasteiger partial charge in [-0.15, -0.1) is 0 Å². The fourth-order valence-corrected chi connectivity index (χ4v) is 3.87. The molecule has 4 aromatic rings. The summed E-state index contributed by atoms with van der Waals surface area (Å²) < 4.78 is 6.02. The van der Waals surface area contributed by atoms with Crippen molar-refractivity contribution in [2.45, 2.75) is 39.2 Å². The van der Waals surface area contributed by atoms with E-state index in [-0.39, 0.29) is 6.10 Å². The van der Waals surface area contributed by atoms with Crippen LogP contribution in [0.1, 0.15) is 48.0 Å². The van der Waals surface area contributed by atoms with Gasteiger partial charge in [-0.2, -0.15) is 0 Å². The Morgan fingerprint density at radius 3 is 2.50 bits per heavy atom. The molecule has 0 unspecified atom stereocenters. The van der Waals surface area contributed by atoms with Crippen molar-refractivity contribution in [3.05, 3.63) is 101 Å². The maximum Gasteiger partial charge on any atom is 0.178 e. The van der Waals surface area contributed by atoms with Crippen molar-refractivity contribution >= 4 is 10.9 Å². The minimum atomic E-state index is -1.50. The molecule has 4 N–H and O–H groups in total. The summed E-state index contributed by atoms with van der Waals surface area (Å²) in [6, 6.07) is 21.3. The Morgan fingerprint density at radius 1 is 0.912 bits per heavy atom. The predicted octanol–water partition coefficient (Wildman–Crippen LogP) is 4.67. The van der Waals surface area contributed by atoms with Crippen molar-refractivity contribution in [1.82, 2.24) is 10.3 Å². The third-order valence-corrected chi connectivity index (χ3v) is 5.52. The van der Waals surface area contributed by atoms with Gasteiger partial charge in [-0.05, 0) is 68.8 Å². The Morgan fingerprint density at radius 2 is 1.71 bits per heavy atom. The van der Waals surface area contributed by atoms with Gasteiger partial charge in [0.25, 0.3) is 0 Å². The van der Waals surface area contributed by atoms with Crippen LogP contribution in [0.2, 0.25) is 0 Å². The van der Waals surface area contributed by atoms with Gasteiger partial charge in [-0.25, -0.2) is 0 Å². The highest BCUT2D eigenvalue weighted by Gasteiger charge is 2.08. The molecule has 5 heteroatoms. The number of benzene rings is 3. The van der Waals surface area contributed by atoms with Crippen LogP contribution in [-0.4, -0.2) is 27.8 Å². The minimum absolute atomic E-state index is 0.0783. The number of aliphatic hydroxyl groups is 2.